The maximum atomic E-state index is 13.4. The summed E-state index contributed by atoms with van der Waals surface area (Å²) in [6.07, 6.45) is 2.30. The second-order valence-corrected chi connectivity index (χ2v) is 6.98. The van der Waals surface area contributed by atoms with Crippen molar-refractivity contribution < 1.29 is 4.39 Å². The largest absolute Gasteiger partial charge is 0.356 e. The first kappa shape index (κ1) is 25.1. The molecule has 4 nitrogen and oxygen atoms in total. The van der Waals surface area contributed by atoms with Crippen LogP contribution in [0.1, 0.15) is 46.1 Å². The Morgan fingerprint density at radius 3 is 2.42 bits per heavy atom. The van der Waals surface area contributed by atoms with Crippen LogP contribution >= 0.6 is 24.0 Å². The number of halogens is 2. The van der Waals surface area contributed by atoms with Crippen molar-refractivity contribution in [3.8, 4) is 0 Å². The number of nitrogens with zero attached hydrogens (tertiary/aromatic N) is 2. The molecule has 1 aromatic rings. The highest BCUT2D eigenvalue weighted by atomic mass is 127. The van der Waals surface area contributed by atoms with Crippen LogP contribution in [0.5, 0.6) is 0 Å². The van der Waals surface area contributed by atoms with Crippen LogP contribution in [0.25, 0.3) is 0 Å². The molecule has 26 heavy (non-hydrogen) atoms. The van der Waals surface area contributed by atoms with E-state index in [1.54, 1.807) is 19.2 Å². The van der Waals surface area contributed by atoms with Crippen molar-refractivity contribution in [3.05, 3.63) is 35.6 Å². The Hall–Kier alpha value is -0.890. The van der Waals surface area contributed by atoms with E-state index in [1.165, 1.54) is 12.5 Å². The summed E-state index contributed by atoms with van der Waals surface area (Å²) in [5.74, 6) is 0.605. The highest BCUT2D eigenvalue weighted by molar-refractivity contribution is 14.0. The van der Waals surface area contributed by atoms with Crippen LogP contribution in [0, 0.1) is 5.82 Å². The lowest BCUT2D eigenvalue weighted by Crippen LogP contribution is -2.43. The number of hydrogen-bond acceptors (Lipinski definition) is 2. The van der Waals surface area contributed by atoms with Crippen LogP contribution in [0.2, 0.25) is 0 Å². The van der Waals surface area contributed by atoms with Gasteiger partial charge in [-0.2, -0.15) is 0 Å². The Labute approximate surface area is 176 Å². The molecule has 150 valence electrons. The summed E-state index contributed by atoms with van der Waals surface area (Å²) in [7, 11) is 1.78. The Morgan fingerprint density at radius 1 is 1.15 bits per heavy atom. The summed E-state index contributed by atoms with van der Waals surface area (Å²) in [5, 5.41) is 6.72. The molecule has 0 amide bonds. The van der Waals surface area contributed by atoms with Crippen molar-refractivity contribution in [1.29, 1.82) is 0 Å². The van der Waals surface area contributed by atoms with E-state index in [0.29, 0.717) is 6.54 Å². The van der Waals surface area contributed by atoms with Crippen LogP contribution in [0.3, 0.4) is 0 Å². The summed E-state index contributed by atoms with van der Waals surface area (Å²) in [4.78, 5) is 6.72. The maximum Gasteiger partial charge on any atom is 0.191 e. The molecule has 0 aliphatic rings. The minimum atomic E-state index is -0.193. The number of unbranched alkanes of at least 4 members (excludes halogenated alkanes) is 1. The number of guanidine groups is 1. The molecule has 6 heteroatoms. The molecule has 0 saturated heterocycles. The molecule has 0 aliphatic carbocycles. The zero-order chi connectivity index (χ0) is 18.7. The third-order valence-electron chi connectivity index (χ3n) is 4.62. The molecule has 1 aromatic carbocycles. The fraction of sp³-hybridized carbons (Fsp3) is 0.650. The molecular formula is C20H36FIN4. The summed E-state index contributed by atoms with van der Waals surface area (Å²) in [6.45, 7) is 13.6. The predicted molar refractivity (Wildman–Crippen MR) is 121 cm³/mol. The normalized spacial score (nSPS) is 12.0. The van der Waals surface area contributed by atoms with E-state index in [2.05, 4.69) is 48.2 Å². The number of aliphatic imine (C=N–C) groups is 1. The molecule has 1 rings (SSSR count). The average molecular weight is 478 g/mol. The van der Waals surface area contributed by atoms with Gasteiger partial charge in [0.15, 0.2) is 5.96 Å². The standard InChI is InChI=1S/C20H35FN4.HI/c1-6-25(7-2)14-9-8-13-23-19(22-5)24-16-20(3,4)17-11-10-12-18(21)15-17;/h10-12,15H,6-9,13-14,16H2,1-5H3,(H2,22,23,24);1H. The van der Waals surface area contributed by atoms with E-state index < -0.39 is 0 Å². The van der Waals surface area contributed by atoms with Crippen LogP contribution in [0.4, 0.5) is 4.39 Å². The predicted octanol–water partition coefficient (Wildman–Crippen LogP) is 4.01. The van der Waals surface area contributed by atoms with E-state index in [-0.39, 0.29) is 35.2 Å². The molecule has 0 aliphatic heterocycles. The first-order valence-electron chi connectivity index (χ1n) is 9.35. The van der Waals surface area contributed by atoms with E-state index >= 15 is 0 Å². The van der Waals surface area contributed by atoms with Gasteiger partial charge in [0.1, 0.15) is 5.82 Å². The third-order valence-corrected chi connectivity index (χ3v) is 4.62. The number of nitrogens with one attached hydrogen (secondary N) is 2. The smallest absolute Gasteiger partial charge is 0.191 e. The molecule has 0 heterocycles. The minimum absolute atomic E-state index is 0. The van der Waals surface area contributed by atoms with Gasteiger partial charge in [0.2, 0.25) is 0 Å². The highest BCUT2D eigenvalue weighted by Gasteiger charge is 2.21. The summed E-state index contributed by atoms with van der Waals surface area (Å²) < 4.78 is 13.4. The zero-order valence-electron chi connectivity index (χ0n) is 16.9. The van der Waals surface area contributed by atoms with Gasteiger partial charge in [0.05, 0.1) is 0 Å². The zero-order valence-corrected chi connectivity index (χ0v) is 19.3. The molecule has 0 radical (unpaired) electrons. The van der Waals surface area contributed by atoms with Crippen molar-refractivity contribution in [2.45, 2.75) is 46.0 Å². The van der Waals surface area contributed by atoms with Gasteiger partial charge < -0.3 is 15.5 Å². The van der Waals surface area contributed by atoms with Gasteiger partial charge in [0, 0.05) is 25.6 Å². The second-order valence-electron chi connectivity index (χ2n) is 6.98. The third kappa shape index (κ3) is 9.16. The van der Waals surface area contributed by atoms with Crippen LogP contribution < -0.4 is 10.6 Å². The Bertz CT molecular complexity index is 530. The van der Waals surface area contributed by atoms with Gasteiger partial charge in [0.25, 0.3) is 0 Å². The molecule has 0 unspecified atom stereocenters. The number of rotatable bonds is 10. The van der Waals surface area contributed by atoms with Crippen molar-refractivity contribution in [1.82, 2.24) is 15.5 Å². The monoisotopic (exact) mass is 478 g/mol. The van der Waals surface area contributed by atoms with Crippen LogP contribution in [0.15, 0.2) is 29.3 Å². The lowest BCUT2D eigenvalue weighted by atomic mass is 9.84. The van der Waals surface area contributed by atoms with Crippen molar-refractivity contribution in [2.75, 3.05) is 39.8 Å². The molecule has 0 bridgehead atoms. The minimum Gasteiger partial charge on any atom is -0.356 e. The lowest BCUT2D eigenvalue weighted by Gasteiger charge is -2.27. The van der Waals surface area contributed by atoms with Gasteiger partial charge in [-0.25, -0.2) is 4.39 Å². The SMILES string of the molecule is CCN(CC)CCCCNC(=NC)NCC(C)(C)c1cccc(F)c1.I. The van der Waals surface area contributed by atoms with E-state index in [4.69, 9.17) is 0 Å². The lowest BCUT2D eigenvalue weighted by molar-refractivity contribution is 0.297. The topological polar surface area (TPSA) is 39.7 Å². The van der Waals surface area contributed by atoms with E-state index in [1.807, 2.05) is 6.07 Å². The molecule has 0 saturated carbocycles. The quantitative estimate of drug-likeness (QED) is 0.231. The van der Waals surface area contributed by atoms with Gasteiger partial charge in [-0.3, -0.25) is 4.99 Å². The Morgan fingerprint density at radius 2 is 1.85 bits per heavy atom. The van der Waals surface area contributed by atoms with Gasteiger partial charge in [-0.1, -0.05) is 39.8 Å². The Balaban J connectivity index is 0.00000625. The number of benzene rings is 1. The average Bonchev–Trinajstić information content (AvgIpc) is 2.60. The molecule has 0 atom stereocenters. The van der Waals surface area contributed by atoms with Crippen LogP contribution in [-0.2, 0) is 5.41 Å². The molecular weight excluding hydrogens is 442 g/mol. The van der Waals surface area contributed by atoms with E-state index in [0.717, 1.165) is 44.1 Å². The summed E-state index contributed by atoms with van der Waals surface area (Å²) in [6, 6.07) is 6.81. The highest BCUT2D eigenvalue weighted by Crippen LogP contribution is 2.22. The summed E-state index contributed by atoms with van der Waals surface area (Å²) in [5.41, 5.74) is 0.803. The fourth-order valence-electron chi connectivity index (χ4n) is 2.74. The van der Waals surface area contributed by atoms with Gasteiger partial charge in [-0.15, -0.1) is 24.0 Å². The van der Waals surface area contributed by atoms with Crippen LogP contribution in [-0.4, -0.2) is 50.6 Å². The molecule has 0 aromatic heterocycles. The van der Waals surface area contributed by atoms with Gasteiger partial charge in [-0.05, 0) is 50.2 Å². The van der Waals surface area contributed by atoms with E-state index in [9.17, 15) is 4.39 Å². The number of hydrogen-bond donors (Lipinski definition) is 2. The second kappa shape index (κ2) is 13.3. The first-order chi connectivity index (χ1) is 11.9. The van der Waals surface area contributed by atoms with Crippen molar-refractivity contribution in [2.24, 2.45) is 4.99 Å². The first-order valence-corrected chi connectivity index (χ1v) is 9.35. The Kier molecular flexibility index (Phi) is 12.8. The summed E-state index contributed by atoms with van der Waals surface area (Å²) >= 11 is 0. The van der Waals surface area contributed by atoms with Crippen molar-refractivity contribution >= 4 is 29.9 Å². The molecule has 0 fully saturated rings. The fourth-order valence-corrected chi connectivity index (χ4v) is 2.74. The molecule has 0 spiro atoms. The maximum absolute atomic E-state index is 13.4. The molecule has 2 N–H and O–H groups in total. The van der Waals surface area contributed by atoms with Gasteiger partial charge >= 0.3 is 0 Å². The van der Waals surface area contributed by atoms with Crippen molar-refractivity contribution in [3.63, 3.8) is 0 Å².